The van der Waals surface area contributed by atoms with Crippen molar-refractivity contribution in [2.45, 2.75) is 31.4 Å². The lowest BCUT2D eigenvalue weighted by Crippen LogP contribution is -2.36. The molecule has 0 unspecified atom stereocenters. The van der Waals surface area contributed by atoms with Crippen LogP contribution in [0.2, 0.25) is 6.32 Å². The maximum atomic E-state index is 6.78. The molecular formula is C33H29BO5. The molecule has 194 valence electrons. The molecule has 0 spiro atoms. The highest BCUT2D eigenvalue weighted by Crippen LogP contribution is 2.55. The summed E-state index contributed by atoms with van der Waals surface area (Å²) in [5, 5.41) is 0. The van der Waals surface area contributed by atoms with Crippen LogP contribution >= 0.6 is 0 Å². The molecule has 4 aromatic carbocycles. The molecule has 2 heterocycles. The maximum absolute atomic E-state index is 6.78. The van der Waals surface area contributed by atoms with Crippen molar-refractivity contribution in [1.82, 2.24) is 0 Å². The smallest absolute Gasteiger partial charge is 0.305 e. The number of hydrogen-bond donors (Lipinski definition) is 0. The van der Waals surface area contributed by atoms with E-state index in [1.807, 2.05) is 72.8 Å². The Balaban J connectivity index is 1.40. The van der Waals surface area contributed by atoms with E-state index < -0.39 is 5.79 Å². The lowest BCUT2D eigenvalue weighted by molar-refractivity contribution is -0.0466. The van der Waals surface area contributed by atoms with E-state index in [2.05, 4.69) is 24.3 Å². The van der Waals surface area contributed by atoms with Gasteiger partial charge in [0.05, 0.1) is 7.85 Å². The van der Waals surface area contributed by atoms with Crippen molar-refractivity contribution in [2.75, 3.05) is 13.9 Å². The fourth-order valence-electron chi connectivity index (χ4n) is 5.06. The Hall–Kier alpha value is -4.16. The molecule has 0 bridgehead atoms. The molecule has 2 radical (unpaired) electrons. The summed E-state index contributed by atoms with van der Waals surface area (Å²) in [6.07, 6.45) is 3.08. The quantitative estimate of drug-likeness (QED) is 0.181. The molecule has 0 saturated heterocycles. The summed E-state index contributed by atoms with van der Waals surface area (Å²) >= 11 is 0. The van der Waals surface area contributed by atoms with E-state index in [0.29, 0.717) is 41.5 Å². The SMILES string of the molecule is [B]CCCc1ccc(C2=C(OCOC)Cc3ccc4c(c3O2)OC(c2ccccc2)(c2ccccc2)O4)cc1. The Kier molecular flexibility index (Phi) is 7.03. The average molecular weight is 516 g/mol. The fraction of sp³-hybridized carbons (Fsp3) is 0.212. The van der Waals surface area contributed by atoms with Gasteiger partial charge in [0, 0.05) is 35.8 Å². The van der Waals surface area contributed by atoms with E-state index in [1.54, 1.807) is 7.11 Å². The van der Waals surface area contributed by atoms with Crippen LogP contribution in [0.1, 0.15) is 34.2 Å². The number of rotatable bonds is 9. The van der Waals surface area contributed by atoms with Gasteiger partial charge in [0.2, 0.25) is 5.75 Å². The minimum absolute atomic E-state index is 0.127. The zero-order chi connectivity index (χ0) is 26.7. The molecule has 0 fully saturated rings. The highest BCUT2D eigenvalue weighted by atomic mass is 16.7. The summed E-state index contributed by atoms with van der Waals surface area (Å²) in [4.78, 5) is 0. The summed E-state index contributed by atoms with van der Waals surface area (Å²) in [7, 11) is 7.30. The Labute approximate surface area is 230 Å². The molecule has 2 aliphatic rings. The van der Waals surface area contributed by atoms with Crippen LogP contribution in [-0.2, 0) is 28.1 Å². The first-order valence-electron chi connectivity index (χ1n) is 13.2. The van der Waals surface area contributed by atoms with Crippen molar-refractivity contribution in [2.24, 2.45) is 0 Å². The van der Waals surface area contributed by atoms with Gasteiger partial charge < -0.3 is 23.7 Å². The van der Waals surface area contributed by atoms with Crippen LogP contribution in [-0.4, -0.2) is 21.7 Å². The van der Waals surface area contributed by atoms with Gasteiger partial charge >= 0.3 is 5.79 Å². The van der Waals surface area contributed by atoms with Gasteiger partial charge in [-0.3, -0.25) is 0 Å². The minimum Gasteiger partial charge on any atom is -0.468 e. The lowest BCUT2D eigenvalue weighted by atomic mass is 9.96. The minimum atomic E-state index is -1.13. The number of aryl methyl sites for hydroxylation is 1. The molecule has 5 nitrogen and oxygen atoms in total. The Bertz CT molecular complexity index is 1430. The van der Waals surface area contributed by atoms with Gasteiger partial charge in [-0.15, -0.1) is 0 Å². The second-order valence-corrected chi connectivity index (χ2v) is 9.60. The standard InChI is InChI=1S/C33H29BO5/c1-35-22-36-29-21-25-18-19-28-32(31(25)37-30(29)24-16-14-23(15-17-24)9-8-20-34)39-33(38-28,26-10-4-2-5-11-26)27-12-6-3-7-13-27/h2-7,10-19H,8-9,20-22H2,1H3. The van der Waals surface area contributed by atoms with Gasteiger partial charge in [0.1, 0.15) is 5.76 Å². The van der Waals surface area contributed by atoms with E-state index in [9.17, 15) is 0 Å². The highest BCUT2D eigenvalue weighted by molar-refractivity contribution is 6.08. The third-order valence-corrected chi connectivity index (χ3v) is 7.01. The highest BCUT2D eigenvalue weighted by Gasteiger charge is 2.47. The first-order chi connectivity index (χ1) is 19.2. The monoisotopic (exact) mass is 516 g/mol. The molecule has 0 aromatic heterocycles. The number of allylic oxidation sites excluding steroid dienone is 1. The normalized spacial score (nSPS) is 15.0. The zero-order valence-corrected chi connectivity index (χ0v) is 21.9. The molecule has 0 saturated carbocycles. The molecule has 0 atom stereocenters. The van der Waals surface area contributed by atoms with Gasteiger partial charge in [-0.25, -0.2) is 0 Å². The van der Waals surface area contributed by atoms with Crippen molar-refractivity contribution in [3.05, 3.63) is 131 Å². The molecule has 6 rings (SSSR count). The fourth-order valence-corrected chi connectivity index (χ4v) is 5.06. The molecule has 0 aliphatic carbocycles. The van der Waals surface area contributed by atoms with Crippen LogP contribution in [0.25, 0.3) is 5.76 Å². The van der Waals surface area contributed by atoms with E-state index in [0.717, 1.165) is 35.1 Å². The van der Waals surface area contributed by atoms with Gasteiger partial charge in [-0.1, -0.05) is 104 Å². The van der Waals surface area contributed by atoms with Crippen LogP contribution in [0.5, 0.6) is 17.2 Å². The summed E-state index contributed by atoms with van der Waals surface area (Å²) in [6, 6.07) is 32.2. The first kappa shape index (κ1) is 25.1. The molecule has 4 aromatic rings. The zero-order valence-electron chi connectivity index (χ0n) is 21.9. The Morgan fingerprint density at radius 2 is 1.49 bits per heavy atom. The van der Waals surface area contributed by atoms with E-state index >= 15 is 0 Å². The van der Waals surface area contributed by atoms with Crippen molar-refractivity contribution in [3.63, 3.8) is 0 Å². The van der Waals surface area contributed by atoms with Crippen LogP contribution in [0.4, 0.5) is 0 Å². The molecular weight excluding hydrogens is 487 g/mol. The van der Waals surface area contributed by atoms with Crippen LogP contribution in [0.15, 0.2) is 103 Å². The maximum Gasteiger partial charge on any atom is 0.305 e. The number of benzene rings is 4. The third kappa shape index (κ3) is 4.77. The summed E-state index contributed by atoms with van der Waals surface area (Å²) in [6.45, 7) is 0.127. The second-order valence-electron chi connectivity index (χ2n) is 9.60. The van der Waals surface area contributed by atoms with Gasteiger partial charge in [-0.05, 0) is 18.1 Å². The molecule has 6 heteroatoms. The van der Waals surface area contributed by atoms with Crippen molar-refractivity contribution >= 4 is 13.6 Å². The van der Waals surface area contributed by atoms with Gasteiger partial charge in [-0.2, -0.15) is 0 Å². The number of ether oxygens (including phenoxy) is 5. The largest absolute Gasteiger partial charge is 0.468 e. The summed E-state index contributed by atoms with van der Waals surface area (Å²) in [5.74, 6) is 2.04. The number of methoxy groups -OCH3 is 1. The van der Waals surface area contributed by atoms with Crippen molar-refractivity contribution < 1.29 is 23.7 Å². The molecule has 0 N–H and O–H groups in total. The van der Waals surface area contributed by atoms with Crippen LogP contribution in [0, 0.1) is 0 Å². The van der Waals surface area contributed by atoms with E-state index in [-0.39, 0.29) is 6.79 Å². The van der Waals surface area contributed by atoms with E-state index in [1.165, 1.54) is 5.56 Å². The van der Waals surface area contributed by atoms with Gasteiger partial charge in [0.25, 0.3) is 0 Å². The lowest BCUT2D eigenvalue weighted by Gasteiger charge is -2.29. The number of fused-ring (bicyclic) bond motifs is 3. The molecule has 0 amide bonds. The first-order valence-corrected chi connectivity index (χ1v) is 13.2. The predicted octanol–water partition coefficient (Wildman–Crippen LogP) is 6.80. The van der Waals surface area contributed by atoms with Crippen LogP contribution < -0.4 is 14.2 Å². The summed E-state index contributed by atoms with van der Waals surface area (Å²) < 4.78 is 31.3. The predicted molar refractivity (Wildman–Crippen MR) is 151 cm³/mol. The molecule has 2 aliphatic heterocycles. The van der Waals surface area contributed by atoms with Crippen molar-refractivity contribution in [1.29, 1.82) is 0 Å². The Morgan fingerprint density at radius 3 is 2.13 bits per heavy atom. The van der Waals surface area contributed by atoms with Crippen molar-refractivity contribution in [3.8, 4) is 17.2 Å². The van der Waals surface area contributed by atoms with Gasteiger partial charge in [0.15, 0.2) is 24.1 Å². The third-order valence-electron chi connectivity index (χ3n) is 7.01. The number of hydrogen-bond acceptors (Lipinski definition) is 5. The van der Waals surface area contributed by atoms with Crippen LogP contribution in [0.3, 0.4) is 0 Å². The van der Waals surface area contributed by atoms with E-state index in [4.69, 9.17) is 31.5 Å². The topological polar surface area (TPSA) is 46.2 Å². The summed E-state index contributed by atoms with van der Waals surface area (Å²) in [5.41, 5.74) is 4.88. The second kappa shape index (κ2) is 10.9. The Morgan fingerprint density at radius 1 is 0.795 bits per heavy atom. The molecule has 39 heavy (non-hydrogen) atoms. The average Bonchev–Trinajstić information content (AvgIpc) is 3.41.